The third-order valence-corrected chi connectivity index (χ3v) is 6.19. The van der Waals surface area contributed by atoms with Gasteiger partial charge in [-0.2, -0.15) is 4.37 Å². The summed E-state index contributed by atoms with van der Waals surface area (Å²) in [6, 6.07) is 0.190. The predicted octanol–water partition coefficient (Wildman–Crippen LogP) is 1.49. The van der Waals surface area contributed by atoms with Crippen molar-refractivity contribution in [1.29, 1.82) is 0 Å². The number of β-amino-alcohol motifs (C(OH)–C–C–N with tert-alkyl or cyclic N) is 2. The van der Waals surface area contributed by atoms with E-state index < -0.39 is 53.8 Å². The SMILES string of the molecule is Cc1cc(F)c(COc2nsc(NC(=O)NCCCCN3CC(O)C(O)C3)c2C(N)=O)c(F)c1F. The van der Waals surface area contributed by atoms with Crippen LogP contribution in [0, 0.1) is 24.4 Å². The molecule has 192 valence electrons. The van der Waals surface area contributed by atoms with E-state index in [4.69, 9.17) is 10.5 Å². The van der Waals surface area contributed by atoms with Crippen molar-refractivity contribution in [3.05, 3.63) is 40.2 Å². The molecular weight excluding hydrogens is 491 g/mol. The normalized spacial score (nSPS) is 18.0. The minimum atomic E-state index is -1.41. The van der Waals surface area contributed by atoms with Gasteiger partial charge >= 0.3 is 6.03 Å². The summed E-state index contributed by atoms with van der Waals surface area (Å²) >= 11 is 0.679. The first-order valence-corrected chi connectivity index (χ1v) is 11.5. The van der Waals surface area contributed by atoms with Gasteiger partial charge < -0.3 is 26.0 Å². The lowest BCUT2D eigenvalue weighted by molar-refractivity contribution is 0.0572. The van der Waals surface area contributed by atoms with Crippen molar-refractivity contribution in [2.45, 2.75) is 38.6 Å². The highest BCUT2D eigenvalue weighted by molar-refractivity contribution is 7.11. The summed E-state index contributed by atoms with van der Waals surface area (Å²) in [6.07, 6.45) is -0.150. The number of rotatable bonds is 10. The highest BCUT2D eigenvalue weighted by atomic mass is 32.1. The zero-order valence-electron chi connectivity index (χ0n) is 18.8. The van der Waals surface area contributed by atoms with Crippen LogP contribution in [0.2, 0.25) is 0 Å². The molecule has 2 aromatic rings. The Morgan fingerprint density at radius 3 is 2.57 bits per heavy atom. The zero-order valence-corrected chi connectivity index (χ0v) is 19.6. The molecule has 1 aliphatic rings. The number of hydrogen-bond donors (Lipinski definition) is 5. The molecule has 0 radical (unpaired) electrons. The van der Waals surface area contributed by atoms with Crippen molar-refractivity contribution in [3.8, 4) is 5.88 Å². The molecule has 14 heteroatoms. The monoisotopic (exact) mass is 517 g/mol. The predicted molar refractivity (Wildman–Crippen MR) is 121 cm³/mol. The number of aliphatic hydroxyl groups is 2. The average molecular weight is 518 g/mol. The molecule has 1 fully saturated rings. The topological polar surface area (TPSA) is 150 Å². The Kier molecular flexibility index (Phi) is 8.88. The van der Waals surface area contributed by atoms with Gasteiger partial charge in [-0.05, 0) is 49.5 Å². The van der Waals surface area contributed by atoms with Crippen LogP contribution in [-0.4, -0.2) is 69.8 Å². The van der Waals surface area contributed by atoms with Crippen molar-refractivity contribution >= 4 is 28.5 Å². The maximum absolute atomic E-state index is 14.1. The van der Waals surface area contributed by atoms with Gasteiger partial charge in [0.25, 0.3) is 5.91 Å². The van der Waals surface area contributed by atoms with Crippen molar-refractivity contribution < 1.29 is 37.7 Å². The van der Waals surface area contributed by atoms with Crippen LogP contribution in [0.1, 0.15) is 34.3 Å². The average Bonchev–Trinajstić information content (AvgIpc) is 3.33. The second kappa shape index (κ2) is 11.7. The molecule has 2 heterocycles. The van der Waals surface area contributed by atoms with Gasteiger partial charge in [-0.15, -0.1) is 0 Å². The highest BCUT2D eigenvalue weighted by Crippen LogP contribution is 2.31. The number of aromatic nitrogens is 1. The lowest BCUT2D eigenvalue weighted by Crippen LogP contribution is -2.31. The first-order valence-electron chi connectivity index (χ1n) is 10.8. The van der Waals surface area contributed by atoms with E-state index in [2.05, 4.69) is 15.0 Å². The number of urea groups is 1. The van der Waals surface area contributed by atoms with E-state index in [1.165, 1.54) is 6.92 Å². The third kappa shape index (κ3) is 6.60. The lowest BCUT2D eigenvalue weighted by Gasteiger charge is -2.14. The van der Waals surface area contributed by atoms with Gasteiger partial charge in [-0.25, -0.2) is 18.0 Å². The Morgan fingerprint density at radius 1 is 1.23 bits per heavy atom. The first-order chi connectivity index (χ1) is 16.6. The van der Waals surface area contributed by atoms with Crippen LogP contribution in [0.5, 0.6) is 5.88 Å². The van der Waals surface area contributed by atoms with E-state index in [0.29, 0.717) is 44.1 Å². The number of carbonyl (C=O) groups excluding carboxylic acids is 2. The molecule has 2 unspecified atom stereocenters. The molecule has 1 aliphatic heterocycles. The van der Waals surface area contributed by atoms with Crippen molar-refractivity contribution in [1.82, 2.24) is 14.6 Å². The number of likely N-dealkylation sites (tertiary alicyclic amines) is 1. The second-order valence-electron chi connectivity index (χ2n) is 8.11. The van der Waals surface area contributed by atoms with Gasteiger partial charge in [0.2, 0.25) is 5.88 Å². The van der Waals surface area contributed by atoms with Crippen LogP contribution in [0.4, 0.5) is 23.0 Å². The van der Waals surface area contributed by atoms with Crippen LogP contribution in [0.3, 0.4) is 0 Å². The number of nitrogens with two attached hydrogens (primary N) is 1. The lowest BCUT2D eigenvalue weighted by atomic mass is 10.1. The summed E-state index contributed by atoms with van der Waals surface area (Å²) in [6.45, 7) is 2.24. The standard InChI is InChI=1S/C21H26F3N5O5S/c1-10-6-12(22)11(17(24)16(10)23)9-34-19-15(18(25)32)20(35-28-19)27-21(33)26-4-2-3-5-29-7-13(30)14(31)8-29/h6,13-14,30-31H,2-5,7-9H2,1H3,(H2,25,32)(H2,26,27,33). The fourth-order valence-corrected chi connectivity index (χ4v) is 4.28. The number of aliphatic hydroxyl groups excluding tert-OH is 2. The minimum Gasteiger partial charge on any atom is -0.471 e. The molecule has 0 spiro atoms. The number of amides is 3. The number of anilines is 1. The Labute approximate surface area is 203 Å². The van der Waals surface area contributed by atoms with Crippen molar-refractivity contribution in [2.75, 3.05) is 31.5 Å². The van der Waals surface area contributed by atoms with E-state index in [-0.39, 0.29) is 22.0 Å². The fourth-order valence-electron chi connectivity index (χ4n) is 3.54. The van der Waals surface area contributed by atoms with Crippen LogP contribution in [0.25, 0.3) is 0 Å². The van der Waals surface area contributed by atoms with Crippen LogP contribution >= 0.6 is 11.5 Å². The molecule has 3 amide bonds. The molecular formula is C21H26F3N5O5S. The molecule has 6 N–H and O–H groups in total. The second-order valence-corrected chi connectivity index (χ2v) is 8.88. The molecule has 1 aromatic carbocycles. The summed E-state index contributed by atoms with van der Waals surface area (Å²) in [7, 11) is 0. The number of primary amides is 1. The first kappa shape index (κ1) is 26.7. The number of aryl methyl sites for hydroxylation is 1. The van der Waals surface area contributed by atoms with E-state index in [0.717, 1.165) is 12.5 Å². The van der Waals surface area contributed by atoms with E-state index in [1.807, 2.05) is 4.90 Å². The van der Waals surface area contributed by atoms with E-state index in [9.17, 15) is 33.0 Å². The maximum atomic E-state index is 14.1. The fraction of sp³-hybridized carbons (Fsp3) is 0.476. The minimum absolute atomic E-state index is 0.0268. The molecule has 1 aromatic heterocycles. The molecule has 35 heavy (non-hydrogen) atoms. The number of nitrogens with zero attached hydrogens (tertiary/aromatic N) is 2. The molecule has 0 bridgehead atoms. The number of nitrogens with one attached hydrogen (secondary N) is 2. The Morgan fingerprint density at radius 2 is 1.91 bits per heavy atom. The smallest absolute Gasteiger partial charge is 0.319 e. The van der Waals surface area contributed by atoms with Crippen molar-refractivity contribution in [3.63, 3.8) is 0 Å². The largest absolute Gasteiger partial charge is 0.471 e. The molecule has 3 rings (SSSR count). The zero-order chi connectivity index (χ0) is 25.7. The van der Waals surface area contributed by atoms with Crippen molar-refractivity contribution in [2.24, 2.45) is 5.73 Å². The van der Waals surface area contributed by atoms with E-state index >= 15 is 0 Å². The summed E-state index contributed by atoms with van der Waals surface area (Å²) < 4.78 is 50.9. The number of carbonyl (C=O) groups is 2. The summed E-state index contributed by atoms with van der Waals surface area (Å²) in [5.74, 6) is -4.99. The number of halogens is 3. The maximum Gasteiger partial charge on any atom is 0.319 e. The third-order valence-electron chi connectivity index (χ3n) is 5.44. The molecule has 2 atom stereocenters. The summed E-state index contributed by atoms with van der Waals surface area (Å²) in [5.41, 5.74) is 4.18. The molecule has 1 saturated heterocycles. The Balaban J connectivity index is 1.51. The van der Waals surface area contributed by atoms with Gasteiger partial charge in [0.05, 0.1) is 17.8 Å². The number of unbranched alkanes of at least 4 members (excludes halogenated alkanes) is 1. The molecule has 0 saturated carbocycles. The van der Waals surface area contributed by atoms with Gasteiger partial charge in [-0.1, -0.05) is 0 Å². The van der Waals surface area contributed by atoms with Gasteiger partial charge in [0, 0.05) is 19.6 Å². The van der Waals surface area contributed by atoms with Crippen LogP contribution < -0.4 is 21.1 Å². The van der Waals surface area contributed by atoms with Crippen LogP contribution in [-0.2, 0) is 6.61 Å². The summed E-state index contributed by atoms with van der Waals surface area (Å²) in [5, 5.41) is 24.1. The number of hydrogen-bond acceptors (Lipinski definition) is 8. The molecule has 10 nitrogen and oxygen atoms in total. The quantitative estimate of drug-likeness (QED) is 0.237. The summed E-state index contributed by atoms with van der Waals surface area (Å²) in [4.78, 5) is 26.0. The number of ether oxygens (including phenoxy) is 1. The highest BCUT2D eigenvalue weighted by Gasteiger charge is 2.29. The van der Waals surface area contributed by atoms with Crippen LogP contribution in [0.15, 0.2) is 6.07 Å². The Bertz CT molecular complexity index is 1080. The molecule has 0 aliphatic carbocycles. The van der Waals surface area contributed by atoms with Gasteiger partial charge in [0.15, 0.2) is 11.6 Å². The Hall–Kier alpha value is -2.94. The number of benzene rings is 1. The van der Waals surface area contributed by atoms with E-state index in [1.54, 1.807) is 0 Å². The van der Waals surface area contributed by atoms with Gasteiger partial charge in [-0.3, -0.25) is 15.0 Å². The van der Waals surface area contributed by atoms with Gasteiger partial charge in [0.1, 0.15) is 23.0 Å².